The van der Waals surface area contributed by atoms with Crippen LogP contribution in [0.4, 0.5) is 5.69 Å². The number of methoxy groups -OCH3 is 1. The number of ether oxygens (including phenoxy) is 1. The maximum atomic E-state index is 13.2. The summed E-state index contributed by atoms with van der Waals surface area (Å²) in [5, 5.41) is 0. The number of pyridine rings is 1. The van der Waals surface area contributed by atoms with Gasteiger partial charge in [-0.15, -0.1) is 0 Å². The molecule has 5 nitrogen and oxygen atoms in total. The molecule has 5 heteroatoms. The van der Waals surface area contributed by atoms with Gasteiger partial charge in [-0.3, -0.25) is 14.7 Å². The highest BCUT2D eigenvalue weighted by molar-refractivity contribution is 6.33. The number of aromatic nitrogens is 1. The number of carbonyl (C=O) groups excluding carboxylic acids is 1. The monoisotopic (exact) mass is 369 g/mol. The van der Waals surface area contributed by atoms with Crippen LogP contribution in [0.5, 0.6) is 5.75 Å². The van der Waals surface area contributed by atoms with Crippen LogP contribution < -0.4 is 9.64 Å². The van der Waals surface area contributed by atoms with Crippen molar-refractivity contribution in [3.8, 4) is 5.75 Å². The van der Waals surface area contributed by atoms with Gasteiger partial charge in [-0.05, 0) is 61.0 Å². The van der Waals surface area contributed by atoms with Gasteiger partial charge < -0.3 is 4.74 Å². The summed E-state index contributed by atoms with van der Waals surface area (Å²) < 4.78 is 5.24. The highest BCUT2D eigenvalue weighted by Crippen LogP contribution is 2.29. The van der Waals surface area contributed by atoms with Gasteiger partial charge in [0.05, 0.1) is 12.8 Å². The van der Waals surface area contributed by atoms with Crippen LogP contribution in [0.1, 0.15) is 16.7 Å². The number of carbonyl (C=O) groups is 1. The number of aryl methyl sites for hydroxylation is 1. The van der Waals surface area contributed by atoms with E-state index < -0.39 is 0 Å². The molecular formula is C23H19N3O2. The Labute approximate surface area is 163 Å². The fourth-order valence-electron chi connectivity index (χ4n) is 3.08. The predicted molar refractivity (Wildman–Crippen MR) is 110 cm³/mol. The molecule has 1 aliphatic rings. The summed E-state index contributed by atoms with van der Waals surface area (Å²) in [4.78, 5) is 23.6. The van der Waals surface area contributed by atoms with E-state index >= 15 is 0 Å². The number of amides is 1. The van der Waals surface area contributed by atoms with Gasteiger partial charge in [-0.1, -0.05) is 23.8 Å². The van der Waals surface area contributed by atoms with Gasteiger partial charge in [0.2, 0.25) is 0 Å². The lowest BCUT2D eigenvalue weighted by Gasteiger charge is -2.19. The van der Waals surface area contributed by atoms with Gasteiger partial charge in [0.1, 0.15) is 17.3 Å². The van der Waals surface area contributed by atoms with Crippen molar-refractivity contribution in [1.29, 1.82) is 0 Å². The molecule has 0 spiro atoms. The smallest absolute Gasteiger partial charge is 0.282 e. The van der Waals surface area contributed by atoms with E-state index in [2.05, 4.69) is 9.98 Å². The molecule has 0 unspecified atom stereocenters. The van der Waals surface area contributed by atoms with Gasteiger partial charge in [0.15, 0.2) is 0 Å². The molecule has 28 heavy (non-hydrogen) atoms. The highest BCUT2D eigenvalue weighted by Gasteiger charge is 2.32. The van der Waals surface area contributed by atoms with Crippen molar-refractivity contribution in [1.82, 2.24) is 4.98 Å². The van der Waals surface area contributed by atoms with Crippen LogP contribution in [0, 0.1) is 6.92 Å². The van der Waals surface area contributed by atoms with E-state index in [0.29, 0.717) is 11.5 Å². The lowest BCUT2D eigenvalue weighted by Crippen LogP contribution is -2.32. The third-order valence-corrected chi connectivity index (χ3v) is 4.48. The minimum atomic E-state index is -0.168. The number of amidine groups is 1. The quantitative estimate of drug-likeness (QED) is 0.647. The lowest BCUT2D eigenvalue weighted by molar-refractivity contribution is -0.113. The first-order valence-corrected chi connectivity index (χ1v) is 8.92. The first-order valence-electron chi connectivity index (χ1n) is 8.92. The van der Waals surface area contributed by atoms with Gasteiger partial charge in [-0.25, -0.2) is 4.99 Å². The predicted octanol–water partition coefficient (Wildman–Crippen LogP) is 4.23. The van der Waals surface area contributed by atoms with Crippen molar-refractivity contribution >= 4 is 23.5 Å². The Hall–Kier alpha value is -3.73. The first kappa shape index (κ1) is 17.7. The third kappa shape index (κ3) is 3.42. The zero-order chi connectivity index (χ0) is 19.5. The van der Waals surface area contributed by atoms with Gasteiger partial charge in [0, 0.05) is 18.0 Å². The maximum absolute atomic E-state index is 13.2. The van der Waals surface area contributed by atoms with E-state index in [-0.39, 0.29) is 5.91 Å². The Balaban J connectivity index is 1.81. The molecule has 1 amide bonds. The molecule has 3 aromatic rings. The zero-order valence-electron chi connectivity index (χ0n) is 15.7. The maximum Gasteiger partial charge on any atom is 0.282 e. The summed E-state index contributed by atoms with van der Waals surface area (Å²) >= 11 is 0. The summed E-state index contributed by atoms with van der Waals surface area (Å²) in [6.45, 7) is 2.02. The van der Waals surface area contributed by atoms with Crippen LogP contribution >= 0.6 is 0 Å². The number of rotatable bonds is 4. The average Bonchev–Trinajstić information content (AvgIpc) is 3.05. The Morgan fingerprint density at radius 2 is 1.75 bits per heavy atom. The Morgan fingerprint density at radius 1 is 1.00 bits per heavy atom. The SMILES string of the molecule is COc1ccc(N2C(=O)/C(=C\c3ccncc3)N=C2c2cccc(C)c2)cc1. The molecule has 0 radical (unpaired) electrons. The van der Waals surface area contributed by atoms with E-state index in [0.717, 1.165) is 28.1 Å². The van der Waals surface area contributed by atoms with Crippen molar-refractivity contribution in [2.24, 2.45) is 4.99 Å². The van der Waals surface area contributed by atoms with Crippen molar-refractivity contribution in [2.75, 3.05) is 12.0 Å². The van der Waals surface area contributed by atoms with Crippen LogP contribution in [0.3, 0.4) is 0 Å². The Kier molecular flexibility index (Phi) is 4.72. The second-order valence-corrected chi connectivity index (χ2v) is 6.45. The third-order valence-electron chi connectivity index (χ3n) is 4.48. The van der Waals surface area contributed by atoms with Crippen LogP contribution in [0.2, 0.25) is 0 Å². The standard InChI is InChI=1S/C23H19N3O2/c1-16-4-3-5-18(14-16)22-25-21(15-17-10-12-24-13-11-17)23(27)26(22)19-6-8-20(28-2)9-7-19/h3-15H,1-2H3/b21-15+. The Bertz CT molecular complexity index is 1070. The summed E-state index contributed by atoms with van der Waals surface area (Å²) in [5.41, 5.74) is 4.00. The summed E-state index contributed by atoms with van der Waals surface area (Å²) in [7, 11) is 1.62. The van der Waals surface area contributed by atoms with Crippen LogP contribution in [0.25, 0.3) is 6.08 Å². The molecule has 1 aromatic heterocycles. The van der Waals surface area contributed by atoms with Crippen molar-refractivity contribution in [3.63, 3.8) is 0 Å². The summed E-state index contributed by atoms with van der Waals surface area (Å²) in [6.07, 6.45) is 5.17. The minimum absolute atomic E-state index is 0.168. The summed E-state index contributed by atoms with van der Waals surface area (Å²) in [6, 6.07) is 19.1. The lowest BCUT2D eigenvalue weighted by atomic mass is 10.1. The molecule has 2 aromatic carbocycles. The molecule has 0 N–H and O–H groups in total. The molecule has 0 saturated carbocycles. The molecule has 0 fully saturated rings. The van der Waals surface area contributed by atoms with E-state index in [1.807, 2.05) is 67.6 Å². The van der Waals surface area contributed by atoms with Crippen molar-refractivity contribution in [2.45, 2.75) is 6.92 Å². The highest BCUT2D eigenvalue weighted by atomic mass is 16.5. The van der Waals surface area contributed by atoms with Gasteiger partial charge in [-0.2, -0.15) is 0 Å². The van der Waals surface area contributed by atoms with Crippen LogP contribution in [-0.4, -0.2) is 23.8 Å². The van der Waals surface area contributed by atoms with Crippen molar-refractivity contribution < 1.29 is 9.53 Å². The molecule has 0 atom stereocenters. The molecule has 138 valence electrons. The molecule has 4 rings (SSSR count). The van der Waals surface area contributed by atoms with E-state index in [1.165, 1.54) is 0 Å². The van der Waals surface area contributed by atoms with E-state index in [4.69, 9.17) is 4.74 Å². The normalized spacial score (nSPS) is 15.1. The molecular weight excluding hydrogens is 350 g/mol. The first-order chi connectivity index (χ1) is 13.7. The second kappa shape index (κ2) is 7.48. The molecule has 0 bridgehead atoms. The number of hydrogen-bond donors (Lipinski definition) is 0. The van der Waals surface area contributed by atoms with Crippen LogP contribution in [-0.2, 0) is 4.79 Å². The second-order valence-electron chi connectivity index (χ2n) is 6.45. The number of anilines is 1. The van der Waals surface area contributed by atoms with E-state index in [9.17, 15) is 4.79 Å². The van der Waals surface area contributed by atoms with Gasteiger partial charge >= 0.3 is 0 Å². The largest absolute Gasteiger partial charge is 0.497 e. The van der Waals surface area contributed by atoms with Gasteiger partial charge in [0.25, 0.3) is 5.91 Å². The topological polar surface area (TPSA) is 54.8 Å². The molecule has 0 aliphatic carbocycles. The van der Waals surface area contributed by atoms with Crippen molar-refractivity contribution in [3.05, 3.63) is 95.4 Å². The molecule has 2 heterocycles. The van der Waals surface area contributed by atoms with Crippen LogP contribution in [0.15, 0.2) is 83.7 Å². The molecule has 1 aliphatic heterocycles. The number of nitrogens with zero attached hydrogens (tertiary/aromatic N) is 3. The van der Waals surface area contributed by atoms with E-state index in [1.54, 1.807) is 30.5 Å². The number of hydrogen-bond acceptors (Lipinski definition) is 4. The molecule has 0 saturated heterocycles. The number of aliphatic imine (C=N–C) groups is 1. The zero-order valence-corrected chi connectivity index (χ0v) is 15.7. The fraction of sp³-hybridized carbons (Fsp3) is 0.0870. The summed E-state index contributed by atoms with van der Waals surface area (Å²) in [5.74, 6) is 1.18. The Morgan fingerprint density at radius 3 is 2.43 bits per heavy atom. The average molecular weight is 369 g/mol. The fourth-order valence-corrected chi connectivity index (χ4v) is 3.08. The minimum Gasteiger partial charge on any atom is -0.497 e. The number of benzene rings is 2.